The van der Waals surface area contributed by atoms with Crippen LogP contribution in [0.15, 0.2) is 47.6 Å². The topological polar surface area (TPSA) is 87.5 Å². The van der Waals surface area contributed by atoms with Gasteiger partial charge >= 0.3 is 11.9 Å². The number of benzene rings is 1. The van der Waals surface area contributed by atoms with E-state index in [2.05, 4.69) is 4.98 Å². The van der Waals surface area contributed by atoms with Crippen LogP contribution >= 0.6 is 11.8 Å². The number of pyridine rings is 1. The Kier molecular flexibility index (Phi) is 4.37. The fraction of sp³-hybridized carbons (Fsp3) is 0.0714. The Labute approximate surface area is 119 Å². The maximum Gasteiger partial charge on any atom is 0.338 e. The number of carbonyl (C=O) groups is 2. The van der Waals surface area contributed by atoms with Crippen LogP contribution in [0.1, 0.15) is 26.3 Å². The van der Waals surface area contributed by atoms with Gasteiger partial charge in [0.1, 0.15) is 5.03 Å². The van der Waals surface area contributed by atoms with Gasteiger partial charge in [-0.3, -0.25) is 0 Å². The van der Waals surface area contributed by atoms with Crippen molar-refractivity contribution in [3.8, 4) is 0 Å². The molecule has 0 spiro atoms. The molecule has 102 valence electrons. The smallest absolute Gasteiger partial charge is 0.338 e. The standard InChI is InChI=1S/C14H11NO4S/c16-13(17)10-5-3-9(4-6-10)8-20-12-11(14(18)19)2-1-7-15-12/h1-7H,8H2,(H,16,17)(H,18,19). The van der Waals surface area contributed by atoms with Crippen molar-refractivity contribution in [3.63, 3.8) is 0 Å². The van der Waals surface area contributed by atoms with Crippen molar-refractivity contribution < 1.29 is 19.8 Å². The molecule has 0 fully saturated rings. The summed E-state index contributed by atoms with van der Waals surface area (Å²) < 4.78 is 0. The summed E-state index contributed by atoms with van der Waals surface area (Å²) in [7, 11) is 0. The lowest BCUT2D eigenvalue weighted by molar-refractivity contribution is 0.0683. The van der Waals surface area contributed by atoms with Crippen LogP contribution in [0.25, 0.3) is 0 Å². The van der Waals surface area contributed by atoms with Gasteiger partial charge in [0.25, 0.3) is 0 Å². The Morgan fingerprint density at radius 3 is 2.35 bits per heavy atom. The van der Waals surface area contributed by atoms with Gasteiger partial charge in [-0.15, -0.1) is 11.8 Å². The lowest BCUT2D eigenvalue weighted by Gasteiger charge is -2.05. The van der Waals surface area contributed by atoms with E-state index >= 15 is 0 Å². The number of nitrogens with zero attached hydrogens (tertiary/aromatic N) is 1. The molecule has 0 aliphatic rings. The van der Waals surface area contributed by atoms with Gasteiger partial charge in [-0.25, -0.2) is 14.6 Å². The second-order valence-electron chi connectivity index (χ2n) is 3.95. The molecule has 0 aliphatic carbocycles. The first-order valence-corrected chi connectivity index (χ1v) is 6.70. The van der Waals surface area contributed by atoms with Crippen molar-refractivity contribution in [1.29, 1.82) is 0 Å². The minimum Gasteiger partial charge on any atom is -0.478 e. The van der Waals surface area contributed by atoms with Crippen LogP contribution in [0.5, 0.6) is 0 Å². The third kappa shape index (κ3) is 3.36. The number of aromatic nitrogens is 1. The summed E-state index contributed by atoms with van der Waals surface area (Å²) in [5, 5.41) is 18.3. The average Bonchev–Trinajstić information content (AvgIpc) is 2.45. The number of hydrogen-bond acceptors (Lipinski definition) is 4. The van der Waals surface area contributed by atoms with Crippen molar-refractivity contribution in [2.24, 2.45) is 0 Å². The van der Waals surface area contributed by atoms with Gasteiger partial charge in [-0.05, 0) is 29.8 Å². The highest BCUT2D eigenvalue weighted by Gasteiger charge is 2.11. The predicted octanol–water partition coefficient (Wildman–Crippen LogP) is 2.77. The first-order valence-electron chi connectivity index (χ1n) is 5.71. The molecular formula is C14H11NO4S. The summed E-state index contributed by atoms with van der Waals surface area (Å²) in [6.45, 7) is 0. The van der Waals surface area contributed by atoms with E-state index < -0.39 is 11.9 Å². The van der Waals surface area contributed by atoms with Gasteiger partial charge in [0.15, 0.2) is 0 Å². The van der Waals surface area contributed by atoms with E-state index in [0.717, 1.165) is 5.56 Å². The van der Waals surface area contributed by atoms with Crippen molar-refractivity contribution in [3.05, 3.63) is 59.3 Å². The minimum atomic E-state index is -1.01. The highest BCUT2D eigenvalue weighted by molar-refractivity contribution is 7.98. The molecule has 2 N–H and O–H groups in total. The molecule has 1 aromatic carbocycles. The van der Waals surface area contributed by atoms with Crippen LogP contribution < -0.4 is 0 Å². The van der Waals surface area contributed by atoms with E-state index in [0.29, 0.717) is 10.8 Å². The number of aromatic carboxylic acids is 2. The Hall–Kier alpha value is -2.34. The maximum atomic E-state index is 11.0. The van der Waals surface area contributed by atoms with Gasteiger partial charge in [-0.2, -0.15) is 0 Å². The van der Waals surface area contributed by atoms with Crippen LogP contribution in [-0.2, 0) is 5.75 Å². The van der Waals surface area contributed by atoms with Crippen LogP contribution in [0, 0.1) is 0 Å². The predicted molar refractivity (Wildman–Crippen MR) is 74.2 cm³/mol. The van der Waals surface area contributed by atoms with E-state index in [1.807, 2.05) is 0 Å². The minimum absolute atomic E-state index is 0.166. The molecule has 0 saturated carbocycles. The zero-order valence-electron chi connectivity index (χ0n) is 10.3. The van der Waals surface area contributed by atoms with E-state index in [1.54, 1.807) is 24.4 Å². The molecular weight excluding hydrogens is 278 g/mol. The van der Waals surface area contributed by atoms with Gasteiger partial charge < -0.3 is 10.2 Å². The van der Waals surface area contributed by atoms with Crippen LogP contribution in [0.3, 0.4) is 0 Å². The summed E-state index contributed by atoms with van der Waals surface area (Å²) >= 11 is 1.30. The highest BCUT2D eigenvalue weighted by atomic mass is 32.2. The first-order chi connectivity index (χ1) is 9.58. The summed E-state index contributed by atoms with van der Waals surface area (Å²) in [5.41, 5.74) is 1.30. The molecule has 0 saturated heterocycles. The second-order valence-corrected chi connectivity index (χ2v) is 4.92. The zero-order valence-corrected chi connectivity index (χ0v) is 11.1. The number of thioether (sulfide) groups is 1. The van der Waals surface area contributed by atoms with Crippen molar-refractivity contribution in [2.75, 3.05) is 0 Å². The van der Waals surface area contributed by atoms with Crippen molar-refractivity contribution in [2.45, 2.75) is 10.8 Å². The lowest BCUT2D eigenvalue weighted by Crippen LogP contribution is -2.00. The Morgan fingerprint density at radius 2 is 1.75 bits per heavy atom. The lowest BCUT2D eigenvalue weighted by atomic mass is 10.1. The molecule has 0 unspecified atom stereocenters. The molecule has 2 aromatic rings. The third-order valence-electron chi connectivity index (χ3n) is 2.58. The largest absolute Gasteiger partial charge is 0.478 e. The van der Waals surface area contributed by atoms with E-state index in [-0.39, 0.29) is 11.1 Å². The normalized spacial score (nSPS) is 10.2. The Balaban J connectivity index is 2.09. The molecule has 0 aliphatic heterocycles. The van der Waals surface area contributed by atoms with E-state index in [1.165, 1.54) is 30.0 Å². The van der Waals surface area contributed by atoms with Crippen LogP contribution in [0.2, 0.25) is 0 Å². The third-order valence-corrected chi connectivity index (χ3v) is 3.65. The molecule has 20 heavy (non-hydrogen) atoms. The van der Waals surface area contributed by atoms with Crippen LogP contribution in [0.4, 0.5) is 0 Å². The van der Waals surface area contributed by atoms with Gasteiger partial charge in [-0.1, -0.05) is 12.1 Å². The quantitative estimate of drug-likeness (QED) is 0.823. The number of carboxylic acid groups (broad SMARTS) is 2. The number of hydrogen-bond donors (Lipinski definition) is 2. The fourth-order valence-corrected chi connectivity index (χ4v) is 2.51. The molecule has 2 rings (SSSR count). The molecule has 0 atom stereocenters. The highest BCUT2D eigenvalue weighted by Crippen LogP contribution is 2.24. The average molecular weight is 289 g/mol. The molecule has 1 aromatic heterocycles. The fourth-order valence-electron chi connectivity index (χ4n) is 1.56. The molecule has 5 nitrogen and oxygen atoms in total. The molecule has 6 heteroatoms. The molecule has 1 heterocycles. The van der Waals surface area contributed by atoms with Gasteiger partial charge in [0.2, 0.25) is 0 Å². The summed E-state index contributed by atoms with van der Waals surface area (Å²) in [6.07, 6.45) is 1.54. The summed E-state index contributed by atoms with van der Waals surface area (Å²) in [4.78, 5) is 25.8. The summed E-state index contributed by atoms with van der Waals surface area (Å²) in [5.74, 6) is -1.46. The van der Waals surface area contributed by atoms with E-state index in [4.69, 9.17) is 10.2 Å². The molecule has 0 amide bonds. The number of carboxylic acids is 2. The Bertz CT molecular complexity index is 640. The molecule has 0 bridgehead atoms. The monoisotopic (exact) mass is 289 g/mol. The summed E-state index contributed by atoms with van der Waals surface area (Å²) in [6, 6.07) is 9.55. The van der Waals surface area contributed by atoms with Crippen molar-refractivity contribution >= 4 is 23.7 Å². The Morgan fingerprint density at radius 1 is 1.05 bits per heavy atom. The van der Waals surface area contributed by atoms with Crippen LogP contribution in [-0.4, -0.2) is 27.1 Å². The SMILES string of the molecule is O=C(O)c1ccc(CSc2ncccc2C(=O)O)cc1. The molecule has 0 radical (unpaired) electrons. The van der Waals surface area contributed by atoms with Crippen molar-refractivity contribution in [1.82, 2.24) is 4.98 Å². The second kappa shape index (κ2) is 6.21. The zero-order chi connectivity index (χ0) is 14.5. The first kappa shape index (κ1) is 14.1. The van der Waals surface area contributed by atoms with E-state index in [9.17, 15) is 9.59 Å². The van der Waals surface area contributed by atoms with Gasteiger partial charge in [0.05, 0.1) is 11.1 Å². The maximum absolute atomic E-state index is 11.0. The van der Waals surface area contributed by atoms with Gasteiger partial charge in [0, 0.05) is 11.9 Å². The number of rotatable bonds is 5.